The Bertz CT molecular complexity index is 1240. The molecule has 3 N–H and O–H groups in total. The summed E-state index contributed by atoms with van der Waals surface area (Å²) in [5.41, 5.74) is 3.34. The summed E-state index contributed by atoms with van der Waals surface area (Å²) >= 11 is 1.82. The number of nitrogens with zero attached hydrogens (tertiary/aromatic N) is 4. The standard InChI is InChI=1S/C26H30N6O2S/c1-31(2)26(21-7-4-12-35-21)10-8-25(9-11-26)16-32(24(34)30-25)17-14-27-23(28-15-17)18-5-3-6-20-19(18)13-22(33)29-20/h3-7,12,14-15,22,29,33H,8-11,13,16H2,1-2H3,(H,30,34). The molecule has 1 saturated heterocycles. The minimum absolute atomic E-state index is 0.0285. The number of benzene rings is 1. The van der Waals surface area contributed by atoms with E-state index in [-0.39, 0.29) is 17.1 Å². The van der Waals surface area contributed by atoms with Crippen molar-refractivity contribution in [2.24, 2.45) is 0 Å². The van der Waals surface area contributed by atoms with Crippen LogP contribution in [0.4, 0.5) is 16.2 Å². The van der Waals surface area contributed by atoms with Crippen LogP contribution in [0.25, 0.3) is 11.4 Å². The quantitative estimate of drug-likeness (QED) is 0.515. The summed E-state index contributed by atoms with van der Waals surface area (Å²) in [4.78, 5) is 27.8. The fourth-order valence-corrected chi connectivity index (χ4v) is 7.04. The summed E-state index contributed by atoms with van der Waals surface area (Å²) in [5.74, 6) is 0.597. The van der Waals surface area contributed by atoms with Crippen LogP contribution in [0.3, 0.4) is 0 Å². The number of carbonyl (C=O) groups is 1. The maximum Gasteiger partial charge on any atom is 0.322 e. The van der Waals surface area contributed by atoms with Gasteiger partial charge in [-0.3, -0.25) is 9.80 Å². The molecule has 1 saturated carbocycles. The first-order valence-corrected chi connectivity index (χ1v) is 13.0. The highest BCUT2D eigenvalue weighted by molar-refractivity contribution is 7.10. The first-order valence-electron chi connectivity index (χ1n) is 12.1. The summed E-state index contributed by atoms with van der Waals surface area (Å²) in [6, 6.07) is 10.1. The van der Waals surface area contributed by atoms with Gasteiger partial charge in [0.25, 0.3) is 0 Å². The third-order valence-electron chi connectivity index (χ3n) is 8.03. The van der Waals surface area contributed by atoms with Crippen LogP contribution in [0.2, 0.25) is 0 Å². The summed E-state index contributed by atoms with van der Waals surface area (Å²) < 4.78 is 0. The lowest BCUT2D eigenvalue weighted by atomic mass is 9.71. The van der Waals surface area contributed by atoms with E-state index in [1.807, 2.05) is 29.5 Å². The lowest BCUT2D eigenvalue weighted by Crippen LogP contribution is -2.53. The number of nitrogens with one attached hydrogen (secondary N) is 2. The van der Waals surface area contributed by atoms with E-state index in [1.165, 1.54) is 4.88 Å². The zero-order valence-electron chi connectivity index (χ0n) is 20.0. The highest BCUT2D eigenvalue weighted by Gasteiger charge is 2.50. The van der Waals surface area contributed by atoms with E-state index >= 15 is 0 Å². The highest BCUT2D eigenvalue weighted by Crippen LogP contribution is 2.47. The molecule has 0 radical (unpaired) electrons. The number of fused-ring (bicyclic) bond motifs is 1. The van der Waals surface area contributed by atoms with Crippen LogP contribution in [0.5, 0.6) is 0 Å². The van der Waals surface area contributed by atoms with Gasteiger partial charge in [0.05, 0.1) is 35.7 Å². The Morgan fingerprint density at radius 2 is 1.89 bits per heavy atom. The molecule has 1 atom stereocenters. The fourth-order valence-electron chi connectivity index (χ4n) is 5.97. The van der Waals surface area contributed by atoms with Gasteiger partial charge in [0.2, 0.25) is 0 Å². The fraction of sp³-hybridized carbons (Fsp3) is 0.423. The van der Waals surface area contributed by atoms with E-state index in [9.17, 15) is 9.90 Å². The van der Waals surface area contributed by atoms with Gasteiger partial charge in [-0.05, 0) is 62.9 Å². The Labute approximate surface area is 209 Å². The number of amides is 2. The molecular weight excluding hydrogens is 460 g/mol. The molecule has 4 heterocycles. The summed E-state index contributed by atoms with van der Waals surface area (Å²) in [6.45, 7) is 0.624. The van der Waals surface area contributed by atoms with Crippen LogP contribution in [0.1, 0.15) is 36.1 Å². The maximum absolute atomic E-state index is 13.0. The number of aliphatic hydroxyl groups is 1. The Morgan fingerprint density at radius 1 is 1.11 bits per heavy atom. The second-order valence-electron chi connectivity index (χ2n) is 10.2. The number of hydrogen-bond donors (Lipinski definition) is 3. The Hall–Kier alpha value is -3.01. The van der Waals surface area contributed by atoms with Crippen molar-refractivity contribution in [1.82, 2.24) is 20.2 Å². The van der Waals surface area contributed by atoms with Crippen LogP contribution in [-0.2, 0) is 12.0 Å². The van der Waals surface area contributed by atoms with E-state index < -0.39 is 6.23 Å². The normalized spacial score (nSPS) is 27.8. The molecule has 3 aromatic rings. The number of carbonyl (C=O) groups excluding carboxylic acids is 1. The van der Waals surface area contributed by atoms with Crippen molar-refractivity contribution in [2.75, 3.05) is 30.9 Å². The van der Waals surface area contributed by atoms with Crippen LogP contribution in [0.15, 0.2) is 48.1 Å². The van der Waals surface area contributed by atoms with Crippen LogP contribution in [0, 0.1) is 0 Å². The molecule has 182 valence electrons. The van der Waals surface area contributed by atoms with Gasteiger partial charge in [-0.2, -0.15) is 0 Å². The van der Waals surface area contributed by atoms with Crippen molar-refractivity contribution >= 4 is 28.7 Å². The summed E-state index contributed by atoms with van der Waals surface area (Å²) in [7, 11) is 4.32. The van der Waals surface area contributed by atoms with Crippen molar-refractivity contribution in [1.29, 1.82) is 0 Å². The van der Waals surface area contributed by atoms with Crippen LogP contribution in [-0.4, -0.2) is 58.4 Å². The predicted molar refractivity (Wildman–Crippen MR) is 138 cm³/mol. The Kier molecular flexibility index (Phi) is 5.32. The van der Waals surface area contributed by atoms with Gasteiger partial charge >= 0.3 is 6.03 Å². The molecule has 1 spiro atoms. The third kappa shape index (κ3) is 3.69. The highest BCUT2D eigenvalue weighted by atomic mass is 32.1. The molecule has 2 aromatic heterocycles. The number of aromatic nitrogens is 2. The number of hydrogen-bond acceptors (Lipinski definition) is 7. The Morgan fingerprint density at radius 3 is 2.57 bits per heavy atom. The molecule has 9 heteroatoms. The lowest BCUT2D eigenvalue weighted by Gasteiger charge is -2.47. The average molecular weight is 491 g/mol. The molecule has 35 heavy (non-hydrogen) atoms. The van der Waals surface area contributed by atoms with E-state index in [0.29, 0.717) is 24.5 Å². The number of rotatable bonds is 4. The predicted octanol–water partition coefficient (Wildman–Crippen LogP) is 3.79. The average Bonchev–Trinajstić information content (AvgIpc) is 3.59. The SMILES string of the molecule is CN(C)C1(c2cccs2)CCC2(CC1)CN(c1cnc(-c3cccc4c3CC(O)N4)nc1)C(=O)N2. The van der Waals surface area contributed by atoms with Gasteiger partial charge in [0.1, 0.15) is 6.23 Å². The Balaban J connectivity index is 1.20. The van der Waals surface area contributed by atoms with E-state index in [2.05, 4.69) is 57.1 Å². The largest absolute Gasteiger partial charge is 0.373 e. The zero-order chi connectivity index (χ0) is 24.2. The number of aliphatic hydroxyl groups excluding tert-OH is 1. The van der Waals surface area contributed by atoms with Gasteiger partial charge in [-0.25, -0.2) is 14.8 Å². The van der Waals surface area contributed by atoms with E-state index in [1.54, 1.807) is 17.3 Å². The molecule has 1 unspecified atom stereocenters. The third-order valence-corrected chi connectivity index (χ3v) is 9.10. The van der Waals surface area contributed by atoms with Crippen molar-refractivity contribution < 1.29 is 9.90 Å². The van der Waals surface area contributed by atoms with Crippen molar-refractivity contribution in [3.8, 4) is 11.4 Å². The first-order chi connectivity index (χ1) is 16.9. The van der Waals surface area contributed by atoms with Gasteiger partial charge in [0, 0.05) is 22.5 Å². The molecule has 6 rings (SSSR count). The summed E-state index contributed by atoms with van der Waals surface area (Å²) in [5, 5.41) is 18.5. The van der Waals surface area contributed by atoms with Crippen molar-refractivity contribution in [3.63, 3.8) is 0 Å². The first kappa shape index (κ1) is 22.5. The van der Waals surface area contributed by atoms with Crippen molar-refractivity contribution in [3.05, 3.63) is 58.5 Å². The molecule has 8 nitrogen and oxygen atoms in total. The van der Waals surface area contributed by atoms with Crippen molar-refractivity contribution in [2.45, 2.75) is 49.4 Å². The van der Waals surface area contributed by atoms with Crippen LogP contribution < -0.4 is 15.5 Å². The molecule has 1 aliphatic carbocycles. The minimum atomic E-state index is -0.587. The number of urea groups is 1. The molecule has 1 aromatic carbocycles. The molecular formula is C26H30N6O2S. The lowest BCUT2D eigenvalue weighted by molar-refractivity contribution is 0.0689. The molecule has 2 amide bonds. The number of thiophene rings is 1. The second kappa shape index (κ2) is 8.29. The molecule has 0 bridgehead atoms. The minimum Gasteiger partial charge on any atom is -0.373 e. The van der Waals surface area contributed by atoms with Gasteiger partial charge in [0.15, 0.2) is 5.82 Å². The topological polar surface area (TPSA) is 93.6 Å². The zero-order valence-corrected chi connectivity index (χ0v) is 20.8. The van der Waals surface area contributed by atoms with Gasteiger partial charge < -0.3 is 15.7 Å². The monoisotopic (exact) mass is 490 g/mol. The van der Waals surface area contributed by atoms with E-state index in [4.69, 9.17) is 0 Å². The van der Waals surface area contributed by atoms with Gasteiger partial charge in [-0.15, -0.1) is 11.3 Å². The molecule has 2 aliphatic heterocycles. The second-order valence-corrected chi connectivity index (χ2v) is 11.1. The number of anilines is 2. The molecule has 2 fully saturated rings. The molecule has 3 aliphatic rings. The van der Waals surface area contributed by atoms with Crippen LogP contribution >= 0.6 is 11.3 Å². The summed E-state index contributed by atoms with van der Waals surface area (Å²) in [6.07, 6.45) is 7.26. The van der Waals surface area contributed by atoms with E-state index in [0.717, 1.165) is 42.5 Å². The van der Waals surface area contributed by atoms with Gasteiger partial charge in [-0.1, -0.05) is 18.2 Å². The smallest absolute Gasteiger partial charge is 0.322 e. The maximum atomic E-state index is 13.0.